The van der Waals surface area contributed by atoms with Crippen LogP contribution in [-0.2, 0) is 4.74 Å². The van der Waals surface area contributed by atoms with Crippen molar-refractivity contribution in [2.24, 2.45) is 33.6 Å². The van der Waals surface area contributed by atoms with Crippen molar-refractivity contribution in [3.8, 4) is 0 Å². The number of aliphatic hydroxyl groups excluding tert-OH is 1. The molecule has 0 amide bonds. The average molecular weight is 378 g/mol. The maximum absolute atomic E-state index is 9.42. The molecule has 1 heterocycles. The minimum Gasteiger partial charge on any atom is -0.396 e. The average Bonchev–Trinajstić information content (AvgIpc) is 3.07. The number of ether oxygens (including phenoxy) is 1. The second-order valence-electron chi connectivity index (χ2n) is 10.1. The van der Waals surface area contributed by atoms with E-state index in [0.29, 0.717) is 5.41 Å². The van der Waals surface area contributed by atoms with Crippen molar-refractivity contribution in [2.45, 2.75) is 64.7 Å². The lowest BCUT2D eigenvalue weighted by Gasteiger charge is -2.57. The van der Waals surface area contributed by atoms with Gasteiger partial charge in [0.25, 0.3) is 0 Å². The first-order chi connectivity index (χ1) is 13.1. The molecular formula is C22H39N3O2. The van der Waals surface area contributed by atoms with Crippen LogP contribution in [0.3, 0.4) is 0 Å². The summed E-state index contributed by atoms with van der Waals surface area (Å²) in [6.07, 6.45) is 12.1. The van der Waals surface area contributed by atoms with Gasteiger partial charge in [0, 0.05) is 31.7 Å². The van der Waals surface area contributed by atoms with Crippen LogP contribution in [0.2, 0.25) is 0 Å². The van der Waals surface area contributed by atoms with Gasteiger partial charge in [-0.25, -0.2) is 0 Å². The molecule has 4 saturated carbocycles. The SMILES string of the molecule is CCNC(=NCC1(CCO)CCOC1)NCCC12CC3CC(CC(C3)C1)C2. The zero-order valence-corrected chi connectivity index (χ0v) is 17.1. The first-order valence-electron chi connectivity index (χ1n) is 11.4. The summed E-state index contributed by atoms with van der Waals surface area (Å²) < 4.78 is 5.60. The fraction of sp³-hybridized carbons (Fsp3) is 0.955. The van der Waals surface area contributed by atoms with Crippen LogP contribution >= 0.6 is 0 Å². The molecule has 0 radical (unpaired) electrons. The van der Waals surface area contributed by atoms with E-state index in [1.807, 2.05) is 0 Å². The van der Waals surface area contributed by atoms with Gasteiger partial charge in [-0.1, -0.05) is 0 Å². The number of guanidine groups is 1. The fourth-order valence-corrected chi connectivity index (χ4v) is 6.92. The second-order valence-corrected chi connectivity index (χ2v) is 10.1. The molecule has 0 aromatic rings. The normalized spacial score (nSPS) is 40.5. The van der Waals surface area contributed by atoms with Gasteiger partial charge in [-0.2, -0.15) is 0 Å². The lowest BCUT2D eigenvalue weighted by atomic mass is 9.49. The van der Waals surface area contributed by atoms with Crippen molar-refractivity contribution < 1.29 is 9.84 Å². The number of hydrogen-bond donors (Lipinski definition) is 3. The molecule has 0 aromatic heterocycles. The minimum absolute atomic E-state index is 0.0248. The minimum atomic E-state index is 0.0248. The third kappa shape index (κ3) is 4.45. The topological polar surface area (TPSA) is 65.9 Å². The maximum atomic E-state index is 9.42. The lowest BCUT2D eigenvalue weighted by molar-refractivity contribution is -0.0562. The first kappa shape index (κ1) is 19.5. The van der Waals surface area contributed by atoms with E-state index < -0.39 is 0 Å². The molecule has 4 aliphatic carbocycles. The van der Waals surface area contributed by atoms with Gasteiger partial charge in [-0.3, -0.25) is 4.99 Å². The predicted molar refractivity (Wildman–Crippen MR) is 109 cm³/mol. The Hall–Kier alpha value is -0.810. The number of hydrogen-bond acceptors (Lipinski definition) is 3. The first-order valence-corrected chi connectivity index (χ1v) is 11.4. The third-order valence-electron chi connectivity index (χ3n) is 7.86. The highest BCUT2D eigenvalue weighted by Crippen LogP contribution is 2.61. The van der Waals surface area contributed by atoms with Gasteiger partial charge in [0.15, 0.2) is 5.96 Å². The van der Waals surface area contributed by atoms with Gasteiger partial charge in [0.1, 0.15) is 0 Å². The van der Waals surface area contributed by atoms with Crippen LogP contribution < -0.4 is 10.6 Å². The van der Waals surface area contributed by atoms with E-state index in [1.54, 1.807) is 0 Å². The molecule has 5 nitrogen and oxygen atoms in total. The van der Waals surface area contributed by atoms with Crippen molar-refractivity contribution >= 4 is 5.96 Å². The van der Waals surface area contributed by atoms with Gasteiger partial charge in [-0.15, -0.1) is 0 Å². The smallest absolute Gasteiger partial charge is 0.191 e. The maximum Gasteiger partial charge on any atom is 0.191 e. The van der Waals surface area contributed by atoms with E-state index in [4.69, 9.17) is 9.73 Å². The molecule has 4 bridgehead atoms. The van der Waals surface area contributed by atoms with E-state index in [2.05, 4.69) is 17.6 Å². The molecule has 1 aliphatic heterocycles. The van der Waals surface area contributed by atoms with Crippen molar-refractivity contribution in [2.75, 3.05) is 39.5 Å². The summed E-state index contributed by atoms with van der Waals surface area (Å²) in [5.41, 5.74) is 0.646. The summed E-state index contributed by atoms with van der Waals surface area (Å²) in [6, 6.07) is 0. The zero-order valence-electron chi connectivity index (χ0n) is 17.1. The molecule has 0 spiro atoms. The standard InChI is InChI=1S/C22H39N3O2/c1-2-23-20(25-15-21(4-7-26)5-8-27-16-21)24-6-3-22-12-17-9-18(13-22)11-19(10-17)14-22/h17-19,26H,2-16H2,1H3,(H2,23,24,25). The summed E-state index contributed by atoms with van der Waals surface area (Å²) in [7, 11) is 0. The number of aliphatic imine (C=N–C) groups is 1. The van der Waals surface area contributed by atoms with E-state index in [-0.39, 0.29) is 12.0 Å². The zero-order chi connectivity index (χ0) is 18.7. The molecule has 3 N–H and O–H groups in total. The predicted octanol–water partition coefficient (Wildman–Crippen LogP) is 2.94. The Balaban J connectivity index is 1.31. The molecule has 5 heteroatoms. The largest absolute Gasteiger partial charge is 0.396 e. The van der Waals surface area contributed by atoms with Gasteiger partial charge in [0.05, 0.1) is 13.2 Å². The molecular weight excluding hydrogens is 338 g/mol. The van der Waals surface area contributed by atoms with Crippen LogP contribution in [0.15, 0.2) is 4.99 Å². The molecule has 5 fully saturated rings. The number of aliphatic hydroxyl groups is 1. The van der Waals surface area contributed by atoms with E-state index in [1.165, 1.54) is 44.9 Å². The molecule has 5 rings (SSSR count). The second kappa shape index (κ2) is 8.28. The van der Waals surface area contributed by atoms with E-state index in [0.717, 1.165) is 69.4 Å². The Labute approximate surface area is 164 Å². The van der Waals surface area contributed by atoms with E-state index in [9.17, 15) is 5.11 Å². The highest BCUT2D eigenvalue weighted by molar-refractivity contribution is 5.79. The number of nitrogens with zero attached hydrogens (tertiary/aromatic N) is 1. The molecule has 1 unspecified atom stereocenters. The highest BCUT2D eigenvalue weighted by atomic mass is 16.5. The summed E-state index contributed by atoms with van der Waals surface area (Å²) in [5.74, 6) is 4.02. The lowest BCUT2D eigenvalue weighted by Crippen LogP contribution is -2.48. The van der Waals surface area contributed by atoms with Crippen LogP contribution in [0.4, 0.5) is 0 Å². The molecule has 1 atom stereocenters. The highest BCUT2D eigenvalue weighted by Gasteiger charge is 2.50. The molecule has 154 valence electrons. The van der Waals surface area contributed by atoms with Crippen molar-refractivity contribution in [3.05, 3.63) is 0 Å². The quantitative estimate of drug-likeness (QED) is 0.449. The van der Waals surface area contributed by atoms with Gasteiger partial charge in [0.2, 0.25) is 0 Å². The summed E-state index contributed by atoms with van der Waals surface area (Å²) in [4.78, 5) is 4.87. The van der Waals surface area contributed by atoms with Gasteiger partial charge < -0.3 is 20.5 Å². The Kier molecular flexibility index (Phi) is 5.98. The Bertz CT molecular complexity index is 492. The fourth-order valence-electron chi connectivity index (χ4n) is 6.92. The Morgan fingerprint density at radius 2 is 1.78 bits per heavy atom. The van der Waals surface area contributed by atoms with Crippen LogP contribution in [0.5, 0.6) is 0 Å². The van der Waals surface area contributed by atoms with Crippen molar-refractivity contribution in [1.82, 2.24) is 10.6 Å². The summed E-state index contributed by atoms with van der Waals surface area (Å²) >= 11 is 0. The van der Waals surface area contributed by atoms with E-state index >= 15 is 0 Å². The van der Waals surface area contributed by atoms with Crippen molar-refractivity contribution in [3.63, 3.8) is 0 Å². The van der Waals surface area contributed by atoms with Crippen LogP contribution in [-0.4, -0.2) is 50.5 Å². The summed E-state index contributed by atoms with van der Waals surface area (Å²) in [6.45, 7) is 6.51. The molecule has 0 aromatic carbocycles. The Morgan fingerprint density at radius 1 is 1.07 bits per heavy atom. The molecule has 1 saturated heterocycles. The van der Waals surface area contributed by atoms with Crippen LogP contribution in [0.1, 0.15) is 64.7 Å². The van der Waals surface area contributed by atoms with Gasteiger partial charge in [-0.05, 0) is 87.9 Å². The molecule has 27 heavy (non-hydrogen) atoms. The third-order valence-corrected chi connectivity index (χ3v) is 7.86. The van der Waals surface area contributed by atoms with Crippen LogP contribution in [0, 0.1) is 28.6 Å². The number of rotatable bonds is 8. The Morgan fingerprint density at radius 3 is 2.33 bits per heavy atom. The van der Waals surface area contributed by atoms with Crippen molar-refractivity contribution in [1.29, 1.82) is 0 Å². The number of nitrogens with one attached hydrogen (secondary N) is 2. The molecule has 5 aliphatic rings. The monoisotopic (exact) mass is 377 g/mol. The van der Waals surface area contributed by atoms with Crippen LogP contribution in [0.25, 0.3) is 0 Å². The summed E-state index contributed by atoms with van der Waals surface area (Å²) in [5, 5.41) is 16.4. The van der Waals surface area contributed by atoms with Gasteiger partial charge >= 0.3 is 0 Å².